The minimum atomic E-state index is -3.58. The lowest BCUT2D eigenvalue weighted by Crippen LogP contribution is -2.27. The maximum atomic E-state index is 12.3. The monoisotopic (exact) mass is 316 g/mol. The van der Waals surface area contributed by atoms with Crippen molar-refractivity contribution in [2.24, 2.45) is 11.7 Å². The summed E-state index contributed by atoms with van der Waals surface area (Å²) < 4.78 is 38.1. The van der Waals surface area contributed by atoms with Crippen molar-refractivity contribution in [3.05, 3.63) is 17.1 Å². The Labute approximate surface area is 126 Å². The number of nitrogens with two attached hydrogens (primary N) is 1. The van der Waals surface area contributed by atoms with Crippen LogP contribution in [0.25, 0.3) is 0 Å². The Kier molecular flexibility index (Phi) is 5.43. The van der Waals surface area contributed by atoms with Crippen LogP contribution in [0.4, 0.5) is 0 Å². The number of hydrogen-bond acceptors (Lipinski definition) is 5. The first kappa shape index (κ1) is 16.5. The molecule has 0 unspecified atom stereocenters. The zero-order valence-corrected chi connectivity index (χ0v) is 13.5. The Morgan fingerprint density at radius 1 is 1.33 bits per heavy atom. The third kappa shape index (κ3) is 4.29. The van der Waals surface area contributed by atoms with Gasteiger partial charge in [0.25, 0.3) is 0 Å². The molecule has 0 aromatic carbocycles. The Morgan fingerprint density at radius 3 is 2.67 bits per heavy atom. The average molecular weight is 316 g/mol. The molecule has 120 valence electrons. The number of nitrogens with one attached hydrogen (secondary N) is 1. The van der Waals surface area contributed by atoms with Crippen LogP contribution in [-0.2, 0) is 21.3 Å². The zero-order chi connectivity index (χ0) is 15.5. The van der Waals surface area contributed by atoms with Crippen molar-refractivity contribution < 1.29 is 17.6 Å². The molecule has 2 rings (SSSR count). The Hall–Kier alpha value is -0.890. The topological polar surface area (TPSA) is 94.6 Å². The van der Waals surface area contributed by atoms with Crippen molar-refractivity contribution in [3.63, 3.8) is 0 Å². The molecule has 3 N–H and O–H groups in total. The number of hydrogen-bond donors (Lipinski definition) is 2. The van der Waals surface area contributed by atoms with E-state index in [1.54, 1.807) is 13.8 Å². The fourth-order valence-corrected chi connectivity index (χ4v) is 3.81. The van der Waals surface area contributed by atoms with Crippen molar-refractivity contribution in [2.75, 3.05) is 19.8 Å². The van der Waals surface area contributed by atoms with Crippen molar-refractivity contribution in [1.82, 2.24) is 4.72 Å². The predicted molar refractivity (Wildman–Crippen MR) is 79.4 cm³/mol. The lowest BCUT2D eigenvalue weighted by molar-refractivity contribution is 0.123. The molecule has 1 aromatic rings. The van der Waals surface area contributed by atoms with E-state index in [0.717, 1.165) is 12.5 Å². The van der Waals surface area contributed by atoms with Gasteiger partial charge in [0.05, 0.1) is 0 Å². The van der Waals surface area contributed by atoms with Gasteiger partial charge in [-0.05, 0) is 39.0 Å². The van der Waals surface area contributed by atoms with E-state index >= 15 is 0 Å². The van der Waals surface area contributed by atoms with Gasteiger partial charge < -0.3 is 14.9 Å². The van der Waals surface area contributed by atoms with Crippen LogP contribution in [0.3, 0.4) is 0 Å². The van der Waals surface area contributed by atoms with Gasteiger partial charge in [0.1, 0.15) is 16.4 Å². The van der Waals surface area contributed by atoms with Crippen molar-refractivity contribution in [3.8, 4) is 0 Å². The van der Waals surface area contributed by atoms with E-state index < -0.39 is 10.0 Å². The molecule has 6 nitrogen and oxygen atoms in total. The highest BCUT2D eigenvalue weighted by Crippen LogP contribution is 2.28. The summed E-state index contributed by atoms with van der Waals surface area (Å²) in [7, 11) is -3.58. The fraction of sp³-hybridized carbons (Fsp3) is 0.714. The average Bonchev–Trinajstić information content (AvgIpc) is 3.18. The van der Waals surface area contributed by atoms with E-state index in [-0.39, 0.29) is 11.4 Å². The SMILES string of the molecule is Cc1oc(C)c(S(=O)(=O)NCCCOCC2CC2)c1CN. The van der Waals surface area contributed by atoms with Crippen LogP contribution < -0.4 is 10.5 Å². The van der Waals surface area contributed by atoms with Gasteiger partial charge >= 0.3 is 0 Å². The van der Waals surface area contributed by atoms with Gasteiger partial charge in [-0.25, -0.2) is 13.1 Å². The largest absolute Gasteiger partial charge is 0.465 e. The molecule has 1 aromatic heterocycles. The Balaban J connectivity index is 1.86. The van der Waals surface area contributed by atoms with Gasteiger partial charge in [-0.3, -0.25) is 0 Å². The second-order valence-corrected chi connectivity index (χ2v) is 7.20. The molecule has 0 radical (unpaired) electrons. The van der Waals surface area contributed by atoms with E-state index in [9.17, 15) is 8.42 Å². The molecule has 0 saturated heterocycles. The lowest BCUT2D eigenvalue weighted by atomic mass is 10.2. The highest BCUT2D eigenvalue weighted by atomic mass is 32.2. The molecule has 1 heterocycles. The van der Waals surface area contributed by atoms with Crippen LogP contribution in [-0.4, -0.2) is 28.2 Å². The molecule has 1 fully saturated rings. The van der Waals surface area contributed by atoms with Crippen LogP contribution in [0.15, 0.2) is 9.31 Å². The maximum Gasteiger partial charge on any atom is 0.244 e. The van der Waals surface area contributed by atoms with Crippen molar-refractivity contribution in [2.45, 2.75) is 44.6 Å². The van der Waals surface area contributed by atoms with E-state index in [2.05, 4.69) is 4.72 Å². The molecule has 0 atom stereocenters. The van der Waals surface area contributed by atoms with Gasteiger partial charge in [0.2, 0.25) is 10.0 Å². The standard InChI is InChI=1S/C14H24N2O4S/c1-10-13(8-15)14(11(2)20-10)21(17,18)16-6-3-7-19-9-12-4-5-12/h12,16H,3-9,15H2,1-2H3. The summed E-state index contributed by atoms with van der Waals surface area (Å²) in [6.07, 6.45) is 3.17. The normalized spacial score (nSPS) is 15.6. The molecule has 1 aliphatic carbocycles. The summed E-state index contributed by atoms with van der Waals surface area (Å²) in [5.41, 5.74) is 6.16. The van der Waals surface area contributed by atoms with Crippen molar-refractivity contribution >= 4 is 10.0 Å². The number of furan rings is 1. The molecule has 0 spiro atoms. The first-order chi connectivity index (χ1) is 9.95. The molecule has 0 amide bonds. The quantitative estimate of drug-likeness (QED) is 0.672. The van der Waals surface area contributed by atoms with E-state index in [1.165, 1.54) is 12.8 Å². The third-order valence-corrected chi connectivity index (χ3v) is 5.26. The fourth-order valence-electron chi connectivity index (χ4n) is 2.29. The summed E-state index contributed by atoms with van der Waals surface area (Å²) in [4.78, 5) is 0.182. The first-order valence-corrected chi connectivity index (χ1v) is 8.80. The van der Waals surface area contributed by atoms with Crippen LogP contribution in [0.5, 0.6) is 0 Å². The Bertz CT molecular complexity index is 576. The first-order valence-electron chi connectivity index (χ1n) is 7.32. The smallest absolute Gasteiger partial charge is 0.244 e. The second-order valence-electron chi connectivity index (χ2n) is 5.50. The molecular formula is C14H24N2O4S. The van der Waals surface area contributed by atoms with Gasteiger partial charge in [0.15, 0.2) is 0 Å². The highest BCUT2D eigenvalue weighted by Gasteiger charge is 2.25. The highest BCUT2D eigenvalue weighted by molar-refractivity contribution is 7.89. The van der Waals surface area contributed by atoms with E-state index in [1.807, 2.05) is 0 Å². The van der Waals surface area contributed by atoms with E-state index in [0.29, 0.717) is 36.7 Å². The molecule has 1 saturated carbocycles. The molecular weight excluding hydrogens is 292 g/mol. The summed E-state index contributed by atoms with van der Waals surface area (Å²) in [5.74, 6) is 1.67. The van der Waals surface area contributed by atoms with Crippen LogP contribution >= 0.6 is 0 Å². The van der Waals surface area contributed by atoms with Crippen LogP contribution in [0, 0.1) is 19.8 Å². The summed E-state index contributed by atoms with van der Waals surface area (Å²) >= 11 is 0. The van der Waals surface area contributed by atoms with Gasteiger partial charge in [-0.2, -0.15) is 0 Å². The minimum Gasteiger partial charge on any atom is -0.465 e. The van der Waals surface area contributed by atoms with Gasteiger partial charge in [-0.1, -0.05) is 0 Å². The van der Waals surface area contributed by atoms with Crippen LogP contribution in [0.2, 0.25) is 0 Å². The number of ether oxygens (including phenoxy) is 1. The maximum absolute atomic E-state index is 12.3. The van der Waals surface area contributed by atoms with Gasteiger partial charge in [0, 0.05) is 31.9 Å². The summed E-state index contributed by atoms with van der Waals surface area (Å²) in [6.45, 7) is 5.22. The van der Waals surface area contributed by atoms with Crippen molar-refractivity contribution in [1.29, 1.82) is 0 Å². The van der Waals surface area contributed by atoms with Crippen LogP contribution in [0.1, 0.15) is 36.3 Å². The summed E-state index contributed by atoms with van der Waals surface area (Å²) in [5, 5.41) is 0. The Morgan fingerprint density at radius 2 is 2.05 bits per heavy atom. The molecule has 0 aliphatic heterocycles. The summed E-state index contributed by atoms with van der Waals surface area (Å²) in [6, 6.07) is 0. The number of rotatable bonds is 9. The minimum absolute atomic E-state index is 0.143. The van der Waals surface area contributed by atoms with E-state index in [4.69, 9.17) is 14.9 Å². The molecule has 21 heavy (non-hydrogen) atoms. The van der Waals surface area contributed by atoms with Gasteiger partial charge in [-0.15, -0.1) is 0 Å². The molecule has 7 heteroatoms. The predicted octanol–water partition coefficient (Wildman–Crippen LogP) is 1.45. The third-order valence-electron chi connectivity index (χ3n) is 3.61. The number of sulfonamides is 1. The molecule has 1 aliphatic rings. The number of aryl methyl sites for hydroxylation is 2. The molecule has 0 bridgehead atoms. The second kappa shape index (κ2) is 6.91. The lowest BCUT2D eigenvalue weighted by Gasteiger charge is -2.08. The zero-order valence-electron chi connectivity index (χ0n) is 12.6.